The van der Waals surface area contributed by atoms with Gasteiger partial charge in [-0.25, -0.2) is 0 Å². The molecule has 0 amide bonds. The summed E-state index contributed by atoms with van der Waals surface area (Å²) in [6.45, 7) is 6.57. The van der Waals surface area contributed by atoms with E-state index in [0.29, 0.717) is 5.02 Å². The first kappa shape index (κ1) is 16.1. The number of hydrogen-bond acceptors (Lipinski definition) is 4. The normalized spacial score (nSPS) is 13.0. The van der Waals surface area contributed by atoms with Gasteiger partial charge >= 0.3 is 0 Å². The third-order valence-electron chi connectivity index (χ3n) is 3.36. The van der Waals surface area contributed by atoms with Crippen molar-refractivity contribution in [3.8, 4) is 0 Å². The van der Waals surface area contributed by atoms with Crippen molar-refractivity contribution in [2.45, 2.75) is 26.4 Å². The molecule has 0 bridgehead atoms. The molecule has 21 heavy (non-hydrogen) atoms. The molecular weight excluding hydrogens is 288 g/mol. The third kappa shape index (κ3) is 3.87. The summed E-state index contributed by atoms with van der Waals surface area (Å²) in [6, 6.07) is 2.03. The van der Waals surface area contributed by atoms with Crippen LogP contribution in [0.4, 0.5) is 0 Å². The molecule has 2 heterocycles. The summed E-state index contributed by atoms with van der Waals surface area (Å²) in [4.78, 5) is 2.13. The minimum Gasteiger partial charge on any atom is -0.469 e. The average molecular weight is 311 g/mol. The zero-order valence-electron chi connectivity index (χ0n) is 13.1. The third-order valence-corrected chi connectivity index (χ3v) is 3.65. The van der Waals surface area contributed by atoms with Gasteiger partial charge in [0.1, 0.15) is 5.76 Å². The van der Waals surface area contributed by atoms with E-state index >= 15 is 0 Å². The van der Waals surface area contributed by atoms with Gasteiger partial charge in [0.2, 0.25) is 0 Å². The van der Waals surface area contributed by atoms with Gasteiger partial charge in [-0.3, -0.25) is 4.68 Å². The Hall–Kier alpha value is -1.30. The number of aromatic nitrogens is 2. The van der Waals surface area contributed by atoms with Gasteiger partial charge in [0, 0.05) is 12.1 Å². The van der Waals surface area contributed by atoms with Crippen molar-refractivity contribution in [2.75, 3.05) is 27.2 Å². The SMILES string of the molecule is CCNC(c1coc(C)c1)c1c(Cl)cnn1CCN(C)C. The quantitative estimate of drug-likeness (QED) is 0.854. The van der Waals surface area contributed by atoms with E-state index in [1.807, 2.05) is 31.8 Å². The molecule has 116 valence electrons. The fourth-order valence-electron chi connectivity index (χ4n) is 2.32. The van der Waals surface area contributed by atoms with Gasteiger partial charge in [-0.15, -0.1) is 0 Å². The Kier molecular flexibility index (Phi) is 5.45. The minimum absolute atomic E-state index is 0.00962. The smallest absolute Gasteiger partial charge is 0.101 e. The van der Waals surface area contributed by atoms with Crippen LogP contribution in [-0.4, -0.2) is 41.9 Å². The van der Waals surface area contributed by atoms with Gasteiger partial charge in [-0.2, -0.15) is 5.10 Å². The zero-order chi connectivity index (χ0) is 15.4. The largest absolute Gasteiger partial charge is 0.469 e. The van der Waals surface area contributed by atoms with Gasteiger partial charge in [0.25, 0.3) is 0 Å². The average Bonchev–Trinajstić information content (AvgIpc) is 3.00. The fourth-order valence-corrected chi connectivity index (χ4v) is 2.57. The number of halogens is 1. The number of rotatable bonds is 7. The van der Waals surface area contributed by atoms with Crippen LogP contribution in [-0.2, 0) is 6.54 Å². The lowest BCUT2D eigenvalue weighted by molar-refractivity contribution is 0.365. The van der Waals surface area contributed by atoms with Gasteiger partial charge in [-0.05, 0) is 33.6 Å². The van der Waals surface area contributed by atoms with Gasteiger partial charge < -0.3 is 14.6 Å². The number of hydrogen-bond donors (Lipinski definition) is 1. The number of nitrogens with zero attached hydrogens (tertiary/aromatic N) is 3. The van der Waals surface area contributed by atoms with E-state index in [-0.39, 0.29) is 6.04 Å². The van der Waals surface area contributed by atoms with E-state index in [0.717, 1.165) is 36.7 Å². The monoisotopic (exact) mass is 310 g/mol. The maximum absolute atomic E-state index is 6.38. The van der Waals surface area contributed by atoms with Gasteiger partial charge in [-0.1, -0.05) is 18.5 Å². The molecule has 1 atom stereocenters. The van der Waals surface area contributed by atoms with E-state index in [9.17, 15) is 0 Å². The molecule has 0 saturated carbocycles. The zero-order valence-corrected chi connectivity index (χ0v) is 13.8. The number of aryl methyl sites for hydroxylation is 1. The molecule has 0 radical (unpaired) electrons. The van der Waals surface area contributed by atoms with Crippen LogP contribution in [0.1, 0.15) is 30.0 Å². The van der Waals surface area contributed by atoms with Crippen molar-refractivity contribution in [3.63, 3.8) is 0 Å². The first-order valence-corrected chi connectivity index (χ1v) is 7.55. The van der Waals surface area contributed by atoms with Crippen LogP contribution in [0.25, 0.3) is 0 Å². The lowest BCUT2D eigenvalue weighted by Crippen LogP contribution is -2.27. The highest BCUT2D eigenvalue weighted by Crippen LogP contribution is 2.29. The molecular formula is C15H23ClN4O. The molecule has 0 spiro atoms. The molecule has 0 aliphatic rings. The highest BCUT2D eigenvalue weighted by atomic mass is 35.5. The Morgan fingerprint density at radius 1 is 1.48 bits per heavy atom. The first-order valence-electron chi connectivity index (χ1n) is 7.17. The molecule has 2 rings (SSSR count). The van der Waals surface area contributed by atoms with E-state index in [1.165, 1.54) is 0 Å². The molecule has 6 heteroatoms. The summed E-state index contributed by atoms with van der Waals surface area (Å²) in [5, 5.41) is 8.55. The van der Waals surface area contributed by atoms with Crippen molar-refractivity contribution < 1.29 is 4.42 Å². The lowest BCUT2D eigenvalue weighted by Gasteiger charge is -2.20. The van der Waals surface area contributed by atoms with E-state index < -0.39 is 0 Å². The summed E-state index contributed by atoms with van der Waals surface area (Å²) in [5.74, 6) is 0.892. The summed E-state index contributed by atoms with van der Waals surface area (Å²) in [6.07, 6.45) is 3.49. The van der Waals surface area contributed by atoms with Crippen molar-refractivity contribution >= 4 is 11.6 Å². The van der Waals surface area contributed by atoms with Crippen molar-refractivity contribution in [1.29, 1.82) is 0 Å². The summed E-state index contributed by atoms with van der Waals surface area (Å²) in [7, 11) is 4.10. The molecule has 0 fully saturated rings. The molecule has 1 unspecified atom stereocenters. The van der Waals surface area contributed by atoms with Crippen LogP contribution >= 0.6 is 11.6 Å². The van der Waals surface area contributed by atoms with Crippen LogP contribution in [0.15, 0.2) is 22.9 Å². The Bertz CT molecular complexity index is 576. The van der Waals surface area contributed by atoms with Crippen molar-refractivity contribution in [1.82, 2.24) is 20.0 Å². The highest BCUT2D eigenvalue weighted by molar-refractivity contribution is 6.31. The maximum Gasteiger partial charge on any atom is 0.101 e. The number of nitrogens with one attached hydrogen (secondary N) is 1. The van der Waals surface area contributed by atoms with E-state index in [2.05, 4.69) is 22.2 Å². The predicted molar refractivity (Wildman–Crippen MR) is 84.8 cm³/mol. The number of furan rings is 1. The second kappa shape index (κ2) is 7.11. The second-order valence-corrected chi connectivity index (χ2v) is 5.79. The van der Waals surface area contributed by atoms with E-state index in [1.54, 1.807) is 12.5 Å². The highest BCUT2D eigenvalue weighted by Gasteiger charge is 2.22. The molecule has 5 nitrogen and oxygen atoms in total. The summed E-state index contributed by atoms with van der Waals surface area (Å²) in [5.41, 5.74) is 2.06. The van der Waals surface area contributed by atoms with Gasteiger partial charge in [0.05, 0.1) is 35.8 Å². The van der Waals surface area contributed by atoms with Crippen LogP contribution < -0.4 is 5.32 Å². The van der Waals surface area contributed by atoms with Crippen LogP contribution in [0.5, 0.6) is 0 Å². The molecule has 0 aliphatic heterocycles. The first-order chi connectivity index (χ1) is 10.0. The topological polar surface area (TPSA) is 46.2 Å². The van der Waals surface area contributed by atoms with Crippen LogP contribution in [0, 0.1) is 6.92 Å². The standard InChI is InChI=1S/C15H23ClN4O/c1-5-17-14(12-8-11(2)21-10-12)15-13(16)9-18-20(15)7-6-19(3)4/h8-10,14,17H,5-7H2,1-4H3. The predicted octanol–water partition coefficient (Wildman–Crippen LogP) is 2.70. The second-order valence-electron chi connectivity index (χ2n) is 5.39. The molecule has 1 N–H and O–H groups in total. The van der Waals surface area contributed by atoms with Crippen molar-refractivity contribution in [3.05, 3.63) is 40.6 Å². The van der Waals surface area contributed by atoms with Gasteiger partial charge in [0.15, 0.2) is 0 Å². The minimum atomic E-state index is -0.00962. The molecule has 2 aromatic rings. The Balaban J connectivity index is 2.33. The fraction of sp³-hybridized carbons (Fsp3) is 0.533. The van der Waals surface area contributed by atoms with Crippen LogP contribution in [0.3, 0.4) is 0 Å². The molecule has 2 aromatic heterocycles. The molecule has 0 aliphatic carbocycles. The Morgan fingerprint density at radius 2 is 2.24 bits per heavy atom. The van der Waals surface area contributed by atoms with E-state index in [4.69, 9.17) is 16.0 Å². The van der Waals surface area contributed by atoms with Crippen LogP contribution in [0.2, 0.25) is 5.02 Å². The summed E-state index contributed by atoms with van der Waals surface area (Å²) < 4.78 is 7.42. The lowest BCUT2D eigenvalue weighted by atomic mass is 10.1. The summed E-state index contributed by atoms with van der Waals surface area (Å²) >= 11 is 6.38. The molecule has 0 saturated heterocycles. The Labute approximate surface area is 130 Å². The molecule has 0 aromatic carbocycles. The maximum atomic E-state index is 6.38. The van der Waals surface area contributed by atoms with Crippen molar-refractivity contribution in [2.24, 2.45) is 0 Å². The Morgan fingerprint density at radius 3 is 2.81 bits per heavy atom. The number of likely N-dealkylation sites (N-methyl/N-ethyl adjacent to an activating group) is 1.